The third-order valence-corrected chi connectivity index (χ3v) is 7.40. The van der Waals surface area contributed by atoms with Gasteiger partial charge in [0.1, 0.15) is 24.7 Å². The van der Waals surface area contributed by atoms with Crippen LogP contribution in [0.15, 0.2) is 84.9 Å². The van der Waals surface area contributed by atoms with Crippen molar-refractivity contribution >= 4 is 0 Å². The Hall–Kier alpha value is -3.60. The van der Waals surface area contributed by atoms with Gasteiger partial charge in [0, 0.05) is 0 Å². The van der Waals surface area contributed by atoms with Crippen LogP contribution in [0.25, 0.3) is 22.3 Å². The Morgan fingerprint density at radius 3 is 1.37 bits per heavy atom. The quantitative estimate of drug-likeness (QED) is 0.284. The number of hydrogen-bond acceptors (Lipinski definition) is 4. The Kier molecular flexibility index (Phi) is 4.90. The fraction of sp³-hybridized carbons (Fsp3) is 0.226. The first-order valence-corrected chi connectivity index (χ1v) is 12.3. The molecule has 0 aromatic heterocycles. The van der Waals surface area contributed by atoms with Crippen LogP contribution in [0.2, 0.25) is 0 Å². The Bertz CT molecular complexity index is 1310. The zero-order valence-corrected chi connectivity index (χ0v) is 19.5. The van der Waals surface area contributed by atoms with Gasteiger partial charge >= 0.3 is 0 Å². The molecule has 0 unspecified atom stereocenters. The molecule has 2 aliphatic carbocycles. The zero-order valence-electron chi connectivity index (χ0n) is 19.5. The van der Waals surface area contributed by atoms with Gasteiger partial charge in [-0.1, -0.05) is 60.7 Å². The van der Waals surface area contributed by atoms with Crippen LogP contribution < -0.4 is 9.47 Å². The summed E-state index contributed by atoms with van der Waals surface area (Å²) in [6.45, 7) is 3.13. The molecule has 1 aliphatic heterocycles. The molecule has 3 aliphatic rings. The molecular weight excluding hydrogens is 436 g/mol. The van der Waals surface area contributed by atoms with Gasteiger partial charge in [0.25, 0.3) is 0 Å². The van der Waals surface area contributed by atoms with Gasteiger partial charge in [0.05, 0.1) is 31.8 Å². The van der Waals surface area contributed by atoms with E-state index in [-0.39, 0.29) is 0 Å². The Morgan fingerprint density at radius 1 is 0.429 bits per heavy atom. The molecule has 7 rings (SSSR count). The van der Waals surface area contributed by atoms with Gasteiger partial charge in [-0.2, -0.15) is 0 Å². The fourth-order valence-electron chi connectivity index (χ4n) is 6.04. The summed E-state index contributed by atoms with van der Waals surface area (Å²) in [6, 6.07) is 30.6. The van der Waals surface area contributed by atoms with E-state index in [1.54, 1.807) is 0 Å². The van der Waals surface area contributed by atoms with Crippen molar-refractivity contribution in [2.75, 3.05) is 39.6 Å². The van der Waals surface area contributed by atoms with Crippen LogP contribution in [0.3, 0.4) is 0 Å². The highest BCUT2D eigenvalue weighted by molar-refractivity contribution is 5.95. The summed E-state index contributed by atoms with van der Waals surface area (Å²) in [6.07, 6.45) is 0. The number of ether oxygens (including phenoxy) is 4. The van der Waals surface area contributed by atoms with Crippen LogP contribution in [0.1, 0.15) is 22.3 Å². The molecule has 4 aromatic rings. The van der Waals surface area contributed by atoms with Crippen molar-refractivity contribution in [2.24, 2.45) is 0 Å². The van der Waals surface area contributed by atoms with Crippen molar-refractivity contribution in [1.29, 1.82) is 0 Å². The lowest BCUT2D eigenvalue weighted by atomic mass is 9.70. The number of hydrogen-bond donors (Lipinski definition) is 0. The molecule has 0 N–H and O–H groups in total. The van der Waals surface area contributed by atoms with E-state index in [9.17, 15) is 0 Å². The van der Waals surface area contributed by atoms with Gasteiger partial charge in [-0.3, -0.25) is 0 Å². The summed E-state index contributed by atoms with van der Waals surface area (Å²) in [5, 5.41) is 0. The minimum Gasteiger partial charge on any atom is -0.491 e. The molecule has 0 amide bonds. The molecule has 0 radical (unpaired) electrons. The normalized spacial score (nSPS) is 17.5. The zero-order chi connectivity index (χ0) is 23.2. The predicted octanol–water partition coefficient (Wildman–Crippen LogP) is 5.83. The standard InChI is InChI=1S/C31H26O4/c1-3-7-27-23(5-1)25-11-9-21-19-29(25)31(27)28-8-4-2-6-24(28)26-12-10-22(20-30(26)31)35-18-16-33-14-13-32-15-17-34-21/h1-12,19-20H,13-18H2. The van der Waals surface area contributed by atoms with Crippen LogP contribution in [0, 0.1) is 0 Å². The molecule has 0 saturated heterocycles. The lowest BCUT2D eigenvalue weighted by Gasteiger charge is -2.30. The lowest BCUT2D eigenvalue weighted by Crippen LogP contribution is -2.26. The van der Waals surface area contributed by atoms with Crippen molar-refractivity contribution in [3.63, 3.8) is 0 Å². The van der Waals surface area contributed by atoms with Crippen LogP contribution in [-0.2, 0) is 14.9 Å². The van der Waals surface area contributed by atoms with Crippen LogP contribution >= 0.6 is 0 Å². The predicted molar refractivity (Wildman–Crippen MR) is 135 cm³/mol. The molecule has 1 spiro atoms. The van der Waals surface area contributed by atoms with Gasteiger partial charge in [0.15, 0.2) is 0 Å². The van der Waals surface area contributed by atoms with Gasteiger partial charge in [-0.05, 0) is 68.8 Å². The van der Waals surface area contributed by atoms with E-state index in [0.717, 1.165) is 11.5 Å². The molecular formula is C31H26O4. The molecule has 174 valence electrons. The molecule has 0 atom stereocenters. The molecule has 4 nitrogen and oxygen atoms in total. The van der Waals surface area contributed by atoms with E-state index in [2.05, 4.69) is 84.9 Å². The van der Waals surface area contributed by atoms with E-state index in [1.165, 1.54) is 44.5 Å². The van der Waals surface area contributed by atoms with Gasteiger partial charge in [-0.25, -0.2) is 0 Å². The molecule has 0 fully saturated rings. The fourth-order valence-corrected chi connectivity index (χ4v) is 6.04. The van der Waals surface area contributed by atoms with Crippen molar-refractivity contribution in [2.45, 2.75) is 5.41 Å². The molecule has 4 bridgehead atoms. The number of fused-ring (bicyclic) bond motifs is 6. The van der Waals surface area contributed by atoms with Gasteiger partial charge in [0.2, 0.25) is 0 Å². The third-order valence-electron chi connectivity index (χ3n) is 7.40. The summed E-state index contributed by atoms with van der Waals surface area (Å²) in [4.78, 5) is 0. The summed E-state index contributed by atoms with van der Waals surface area (Å²) >= 11 is 0. The smallest absolute Gasteiger partial charge is 0.119 e. The SMILES string of the molecule is c1ccc2c(c1)-c1ccc3cc1C21c2ccccc2-c2ccc(cc21)OCCOCCOCCO3. The third kappa shape index (κ3) is 3.07. The van der Waals surface area contributed by atoms with Crippen molar-refractivity contribution in [3.8, 4) is 33.8 Å². The molecule has 1 heterocycles. The van der Waals surface area contributed by atoms with E-state index in [1.807, 2.05) is 0 Å². The van der Waals surface area contributed by atoms with Crippen molar-refractivity contribution in [1.82, 2.24) is 0 Å². The summed E-state index contributed by atoms with van der Waals surface area (Å²) in [7, 11) is 0. The first-order chi connectivity index (χ1) is 17.4. The van der Waals surface area contributed by atoms with Crippen LogP contribution in [0.5, 0.6) is 11.5 Å². The average Bonchev–Trinajstić information content (AvgIpc) is 3.36. The highest BCUT2D eigenvalue weighted by atomic mass is 16.6. The maximum atomic E-state index is 6.16. The molecule has 35 heavy (non-hydrogen) atoms. The molecule has 4 heteroatoms. The molecule has 0 saturated carbocycles. The summed E-state index contributed by atoms with van der Waals surface area (Å²) in [5.41, 5.74) is 9.76. The number of rotatable bonds is 0. The first kappa shape index (κ1) is 20.7. The Labute approximate surface area is 205 Å². The van der Waals surface area contributed by atoms with E-state index >= 15 is 0 Å². The maximum Gasteiger partial charge on any atom is 0.119 e. The summed E-state index contributed by atoms with van der Waals surface area (Å²) in [5.74, 6) is 1.72. The van der Waals surface area contributed by atoms with Gasteiger partial charge in [-0.15, -0.1) is 0 Å². The first-order valence-electron chi connectivity index (χ1n) is 12.3. The highest BCUT2D eigenvalue weighted by Gasteiger charge is 2.51. The second-order valence-electron chi connectivity index (χ2n) is 9.18. The van der Waals surface area contributed by atoms with E-state index in [0.29, 0.717) is 39.6 Å². The minimum atomic E-state index is -0.419. The second-order valence-corrected chi connectivity index (χ2v) is 9.18. The number of benzene rings is 4. The minimum absolute atomic E-state index is 0.419. The topological polar surface area (TPSA) is 36.9 Å². The Morgan fingerprint density at radius 2 is 0.857 bits per heavy atom. The molecule has 4 aromatic carbocycles. The maximum absolute atomic E-state index is 6.16. The second kappa shape index (κ2) is 8.26. The van der Waals surface area contributed by atoms with Crippen molar-refractivity contribution < 1.29 is 18.9 Å². The lowest BCUT2D eigenvalue weighted by molar-refractivity contribution is 0.0274. The highest BCUT2D eigenvalue weighted by Crippen LogP contribution is 2.63. The summed E-state index contributed by atoms with van der Waals surface area (Å²) < 4.78 is 23.7. The Balaban J connectivity index is 1.51. The van der Waals surface area contributed by atoms with Crippen molar-refractivity contribution in [3.05, 3.63) is 107 Å². The van der Waals surface area contributed by atoms with Crippen LogP contribution in [-0.4, -0.2) is 39.6 Å². The average molecular weight is 463 g/mol. The largest absolute Gasteiger partial charge is 0.491 e. The van der Waals surface area contributed by atoms with E-state index in [4.69, 9.17) is 18.9 Å². The van der Waals surface area contributed by atoms with E-state index < -0.39 is 5.41 Å². The monoisotopic (exact) mass is 462 g/mol. The van der Waals surface area contributed by atoms with Crippen LogP contribution in [0.4, 0.5) is 0 Å². The van der Waals surface area contributed by atoms with Gasteiger partial charge < -0.3 is 18.9 Å².